The van der Waals surface area contributed by atoms with Crippen molar-refractivity contribution in [1.29, 1.82) is 5.26 Å². The van der Waals surface area contributed by atoms with Crippen LogP contribution in [0.3, 0.4) is 0 Å². The van der Waals surface area contributed by atoms with Crippen molar-refractivity contribution in [2.75, 3.05) is 34.9 Å². The largest absolute Gasteiger partial charge is 0.379 e. The number of rotatable bonds is 8. The molecule has 7 rings (SSSR count). The van der Waals surface area contributed by atoms with E-state index >= 15 is 0 Å². The van der Waals surface area contributed by atoms with Crippen LogP contribution in [-0.2, 0) is 18.3 Å². The molecule has 0 saturated carbocycles. The minimum Gasteiger partial charge on any atom is -0.379 e. The fraction of sp³-hybridized carbons (Fsp3) is 0.257. The molecule has 2 saturated heterocycles. The van der Waals surface area contributed by atoms with Gasteiger partial charge in [-0.3, -0.25) is 4.68 Å². The van der Waals surface area contributed by atoms with Crippen LogP contribution in [0, 0.1) is 11.3 Å². The topological polar surface area (TPSA) is 137 Å². The van der Waals surface area contributed by atoms with Gasteiger partial charge in [-0.2, -0.15) is 15.3 Å². The first kappa shape index (κ1) is 29.9. The van der Waals surface area contributed by atoms with E-state index in [2.05, 4.69) is 36.7 Å². The van der Waals surface area contributed by atoms with E-state index in [9.17, 15) is 10.1 Å². The molecule has 2 aromatic carbocycles. The number of aromatic nitrogens is 5. The van der Waals surface area contributed by atoms with E-state index in [1.165, 1.54) is 0 Å². The molecule has 47 heavy (non-hydrogen) atoms. The minimum atomic E-state index is -0.313. The summed E-state index contributed by atoms with van der Waals surface area (Å²) >= 11 is 0. The number of nitrogens with one attached hydrogen (secondary N) is 2. The van der Waals surface area contributed by atoms with Gasteiger partial charge in [0, 0.05) is 56.0 Å². The van der Waals surface area contributed by atoms with Crippen LogP contribution in [0.2, 0.25) is 0 Å². The molecule has 0 bridgehead atoms. The lowest BCUT2D eigenvalue weighted by Gasteiger charge is -2.55. The summed E-state index contributed by atoms with van der Waals surface area (Å²) in [5.74, 6) is 1.48. The Morgan fingerprint density at radius 3 is 2.53 bits per heavy atom. The Bertz CT molecular complexity index is 1900. The Hall–Kier alpha value is -5.80. The standard InChI is InChI=1S/C35H34N10O2/c1-43-23-28(22-40-43)26-8-13-31(37-20-26)45(34(46)39-19-25-6-3-2-4-7-25)30-11-9-29(10-12-30)41-33-38-21-27(18-36)32(42-33)44-16-15-35(44)14-5-17-47-24-35/h2-4,6-13,20-23H,5,14-17,19,24H2,1H3,(H,39,46)(H,38,41,42). The first-order chi connectivity index (χ1) is 23.0. The number of aryl methyl sites for hydroxylation is 1. The van der Waals surface area contributed by atoms with Crippen molar-refractivity contribution in [3.8, 4) is 17.2 Å². The highest BCUT2D eigenvalue weighted by Crippen LogP contribution is 2.42. The molecule has 5 aromatic rings. The van der Waals surface area contributed by atoms with E-state index in [1.54, 1.807) is 28.2 Å². The molecule has 2 aliphatic rings. The molecule has 5 heterocycles. The highest BCUT2D eigenvalue weighted by Gasteiger charge is 2.47. The van der Waals surface area contributed by atoms with Crippen LogP contribution in [0.4, 0.5) is 33.8 Å². The molecule has 0 aliphatic carbocycles. The number of pyridine rings is 1. The predicted molar refractivity (Wildman–Crippen MR) is 178 cm³/mol. The maximum absolute atomic E-state index is 13.7. The van der Waals surface area contributed by atoms with Gasteiger partial charge in [0.15, 0.2) is 5.82 Å². The Morgan fingerprint density at radius 1 is 1.02 bits per heavy atom. The molecule has 1 atom stereocenters. The molecule has 2 amide bonds. The third-order valence-corrected chi connectivity index (χ3v) is 8.71. The third-order valence-electron chi connectivity index (χ3n) is 8.71. The summed E-state index contributed by atoms with van der Waals surface area (Å²) in [7, 11) is 1.86. The van der Waals surface area contributed by atoms with Gasteiger partial charge in [-0.25, -0.2) is 19.7 Å². The van der Waals surface area contributed by atoms with Crippen LogP contribution < -0.4 is 20.4 Å². The summed E-state index contributed by atoms with van der Waals surface area (Å²) in [6.07, 6.45) is 10.0. The molecule has 236 valence electrons. The number of hydrogen-bond donors (Lipinski definition) is 2. The van der Waals surface area contributed by atoms with E-state index in [0.717, 1.165) is 54.8 Å². The minimum absolute atomic E-state index is 0.105. The molecule has 12 heteroatoms. The van der Waals surface area contributed by atoms with Gasteiger partial charge in [-0.1, -0.05) is 30.3 Å². The van der Waals surface area contributed by atoms with Gasteiger partial charge in [0.25, 0.3) is 0 Å². The van der Waals surface area contributed by atoms with Crippen LogP contribution in [0.15, 0.2) is 91.5 Å². The van der Waals surface area contributed by atoms with E-state index in [-0.39, 0.29) is 11.6 Å². The van der Waals surface area contributed by atoms with Crippen molar-refractivity contribution in [2.45, 2.75) is 31.3 Å². The summed E-state index contributed by atoms with van der Waals surface area (Å²) in [6, 6.07) is 22.8. The number of carbonyl (C=O) groups excluding carboxylic acids is 1. The molecular formula is C35H34N10O2. The molecular weight excluding hydrogens is 592 g/mol. The Balaban J connectivity index is 1.12. The number of nitrogens with zero attached hydrogens (tertiary/aromatic N) is 8. The first-order valence-electron chi connectivity index (χ1n) is 15.6. The third kappa shape index (κ3) is 6.21. The van der Waals surface area contributed by atoms with Crippen LogP contribution in [-0.4, -0.2) is 56.1 Å². The number of benzene rings is 2. The van der Waals surface area contributed by atoms with Crippen LogP contribution >= 0.6 is 0 Å². The molecule has 0 radical (unpaired) electrons. The SMILES string of the molecule is Cn1cc(-c2ccc(N(C(=O)NCc3ccccc3)c3ccc(Nc4ncc(C#N)c(N5CCC56CCCOC6)n4)cc3)nc2)cn1. The molecule has 1 spiro atoms. The van der Waals surface area contributed by atoms with E-state index < -0.39 is 0 Å². The zero-order chi connectivity index (χ0) is 32.2. The average molecular weight is 627 g/mol. The number of urea groups is 1. The first-order valence-corrected chi connectivity index (χ1v) is 15.6. The van der Waals surface area contributed by atoms with Gasteiger partial charge in [-0.05, 0) is 61.2 Å². The van der Waals surface area contributed by atoms with E-state index in [4.69, 9.17) is 9.72 Å². The van der Waals surface area contributed by atoms with Crippen LogP contribution in [0.5, 0.6) is 0 Å². The Morgan fingerprint density at radius 2 is 1.87 bits per heavy atom. The Kier molecular flexibility index (Phi) is 8.20. The number of hydrogen-bond acceptors (Lipinski definition) is 9. The molecule has 3 aromatic heterocycles. The van der Waals surface area contributed by atoms with Gasteiger partial charge in [0.1, 0.15) is 17.5 Å². The van der Waals surface area contributed by atoms with Crippen LogP contribution in [0.1, 0.15) is 30.4 Å². The second-order valence-electron chi connectivity index (χ2n) is 11.8. The lowest BCUT2D eigenvalue weighted by Crippen LogP contribution is -2.64. The summed E-state index contributed by atoms with van der Waals surface area (Å²) in [4.78, 5) is 31.2. The second-order valence-corrected chi connectivity index (χ2v) is 11.8. The van der Waals surface area contributed by atoms with Crippen molar-refractivity contribution in [3.05, 3.63) is 103 Å². The monoisotopic (exact) mass is 626 g/mol. The summed E-state index contributed by atoms with van der Waals surface area (Å²) in [5.41, 5.74) is 4.51. The second kappa shape index (κ2) is 12.9. The van der Waals surface area contributed by atoms with Crippen molar-refractivity contribution in [2.24, 2.45) is 7.05 Å². The van der Waals surface area contributed by atoms with Crippen molar-refractivity contribution >= 4 is 35.0 Å². The summed E-state index contributed by atoms with van der Waals surface area (Å²) < 4.78 is 7.53. The normalized spacial score (nSPS) is 17.1. The van der Waals surface area contributed by atoms with Gasteiger partial charge in [-0.15, -0.1) is 0 Å². The Labute approximate surface area is 272 Å². The number of amides is 2. The van der Waals surface area contributed by atoms with Gasteiger partial charge < -0.3 is 20.3 Å². The van der Waals surface area contributed by atoms with E-state index in [0.29, 0.717) is 42.0 Å². The van der Waals surface area contributed by atoms with Gasteiger partial charge >= 0.3 is 6.03 Å². The zero-order valence-electron chi connectivity index (χ0n) is 26.0. The average Bonchev–Trinajstić information content (AvgIpc) is 3.55. The van der Waals surface area contributed by atoms with Crippen molar-refractivity contribution in [1.82, 2.24) is 30.0 Å². The number of anilines is 5. The number of carbonyl (C=O) groups is 1. The maximum Gasteiger partial charge on any atom is 0.327 e. The van der Waals surface area contributed by atoms with Gasteiger partial charge in [0.2, 0.25) is 5.95 Å². The van der Waals surface area contributed by atoms with Crippen LogP contribution in [0.25, 0.3) is 11.1 Å². The smallest absolute Gasteiger partial charge is 0.327 e. The maximum atomic E-state index is 13.7. The fourth-order valence-corrected chi connectivity index (χ4v) is 6.12. The highest BCUT2D eigenvalue weighted by molar-refractivity contribution is 5.98. The molecule has 12 nitrogen and oxygen atoms in total. The van der Waals surface area contributed by atoms with Gasteiger partial charge in [0.05, 0.1) is 30.2 Å². The number of ether oxygens (including phenoxy) is 1. The molecule has 2 fully saturated rings. The summed E-state index contributed by atoms with van der Waals surface area (Å²) in [6.45, 7) is 2.60. The number of nitriles is 1. The molecule has 2 N–H and O–H groups in total. The predicted octanol–water partition coefficient (Wildman–Crippen LogP) is 5.69. The quantitative estimate of drug-likeness (QED) is 0.222. The lowest BCUT2D eigenvalue weighted by molar-refractivity contribution is 0.00924. The van der Waals surface area contributed by atoms with E-state index in [1.807, 2.05) is 80.0 Å². The van der Waals surface area contributed by atoms with Crippen molar-refractivity contribution < 1.29 is 9.53 Å². The highest BCUT2D eigenvalue weighted by atomic mass is 16.5. The van der Waals surface area contributed by atoms with Crippen molar-refractivity contribution in [3.63, 3.8) is 0 Å². The summed E-state index contributed by atoms with van der Waals surface area (Å²) in [5, 5.41) is 20.3. The zero-order valence-corrected chi connectivity index (χ0v) is 26.0. The molecule has 2 aliphatic heterocycles. The lowest BCUT2D eigenvalue weighted by atomic mass is 9.79. The molecule has 1 unspecified atom stereocenters. The fourth-order valence-electron chi connectivity index (χ4n) is 6.12.